The van der Waals surface area contributed by atoms with Crippen molar-refractivity contribution < 1.29 is 13.9 Å². The van der Waals surface area contributed by atoms with E-state index < -0.39 is 18.2 Å². The predicted octanol–water partition coefficient (Wildman–Crippen LogP) is -0.0320. The van der Waals surface area contributed by atoms with Crippen molar-refractivity contribution in [2.75, 3.05) is 19.6 Å². The number of rotatable bonds is 4. The number of hydrogen-bond donors (Lipinski definition) is 1. The summed E-state index contributed by atoms with van der Waals surface area (Å²) in [7, 11) is 0. The smallest absolute Gasteiger partial charge is 0.231 e. The second kappa shape index (κ2) is 5.09. The highest BCUT2D eigenvalue weighted by molar-refractivity contribution is 5.75. The van der Waals surface area contributed by atoms with Gasteiger partial charge in [-0.15, -0.1) is 0 Å². The third-order valence-electron chi connectivity index (χ3n) is 2.59. The summed E-state index contributed by atoms with van der Waals surface area (Å²) in [5, 5.41) is 0. The summed E-state index contributed by atoms with van der Waals surface area (Å²) >= 11 is 0. The van der Waals surface area contributed by atoms with Crippen LogP contribution in [0.15, 0.2) is 24.5 Å². The molecule has 0 aromatic carbocycles. The van der Waals surface area contributed by atoms with Gasteiger partial charge in [-0.2, -0.15) is 0 Å². The number of carbonyl (C=O) groups excluding carboxylic acids is 1. The van der Waals surface area contributed by atoms with Crippen LogP contribution >= 0.6 is 0 Å². The average molecular weight is 239 g/mol. The highest BCUT2D eigenvalue weighted by atomic mass is 19.1. The molecule has 1 fully saturated rings. The first-order valence-corrected chi connectivity index (χ1v) is 5.36. The molecule has 92 valence electrons. The van der Waals surface area contributed by atoms with Gasteiger partial charge in [-0.3, -0.25) is 14.7 Å². The Bertz CT molecular complexity index is 388. The van der Waals surface area contributed by atoms with Crippen LogP contribution in [0.4, 0.5) is 4.39 Å². The van der Waals surface area contributed by atoms with E-state index in [1.165, 1.54) is 0 Å². The lowest BCUT2D eigenvalue weighted by Crippen LogP contribution is -2.33. The fourth-order valence-corrected chi connectivity index (χ4v) is 1.86. The number of amides is 1. The Kier molecular flexibility index (Phi) is 3.53. The van der Waals surface area contributed by atoms with Gasteiger partial charge >= 0.3 is 0 Å². The molecule has 1 saturated heterocycles. The van der Waals surface area contributed by atoms with Gasteiger partial charge in [0.2, 0.25) is 5.91 Å². The fourth-order valence-electron chi connectivity index (χ4n) is 1.86. The molecule has 5 nitrogen and oxygen atoms in total. The number of aromatic nitrogens is 1. The molecule has 1 aliphatic heterocycles. The van der Waals surface area contributed by atoms with Gasteiger partial charge in [0.05, 0.1) is 6.54 Å². The van der Waals surface area contributed by atoms with Crippen LogP contribution in [-0.2, 0) is 4.79 Å². The van der Waals surface area contributed by atoms with E-state index in [1.807, 2.05) is 0 Å². The summed E-state index contributed by atoms with van der Waals surface area (Å²) in [6.45, 7) is 0.613. The SMILES string of the molecule is NC(=O)CN1C[C@@H](F)[C@H](Oc2ccncc2)C1. The predicted molar refractivity (Wildman–Crippen MR) is 59.2 cm³/mol. The van der Waals surface area contributed by atoms with Crippen LogP contribution < -0.4 is 10.5 Å². The molecule has 0 spiro atoms. The Morgan fingerprint density at radius 2 is 2.24 bits per heavy atom. The van der Waals surface area contributed by atoms with E-state index in [1.54, 1.807) is 29.4 Å². The highest BCUT2D eigenvalue weighted by Crippen LogP contribution is 2.19. The second-order valence-electron chi connectivity index (χ2n) is 4.02. The zero-order chi connectivity index (χ0) is 12.3. The monoisotopic (exact) mass is 239 g/mol. The number of pyridine rings is 1. The van der Waals surface area contributed by atoms with Gasteiger partial charge in [0.25, 0.3) is 0 Å². The first-order chi connectivity index (χ1) is 8.15. The molecule has 0 unspecified atom stereocenters. The minimum absolute atomic E-state index is 0.0661. The van der Waals surface area contributed by atoms with E-state index in [9.17, 15) is 9.18 Å². The quantitative estimate of drug-likeness (QED) is 0.801. The third-order valence-corrected chi connectivity index (χ3v) is 2.59. The molecule has 0 aliphatic carbocycles. The molecule has 1 amide bonds. The van der Waals surface area contributed by atoms with Crippen molar-refractivity contribution in [3.63, 3.8) is 0 Å². The summed E-state index contributed by atoms with van der Waals surface area (Å²) in [5.74, 6) is 0.121. The van der Waals surface area contributed by atoms with Crippen molar-refractivity contribution in [1.29, 1.82) is 0 Å². The van der Waals surface area contributed by atoms with Gasteiger partial charge in [-0.1, -0.05) is 0 Å². The standard InChI is InChI=1S/C11H14FN3O2/c12-9-5-15(7-11(13)16)6-10(9)17-8-1-3-14-4-2-8/h1-4,9-10H,5-7H2,(H2,13,16)/t9-,10-/m1/s1. The summed E-state index contributed by atoms with van der Waals surface area (Å²) in [4.78, 5) is 16.2. The van der Waals surface area contributed by atoms with Gasteiger partial charge < -0.3 is 10.5 Å². The number of nitrogens with two attached hydrogens (primary N) is 1. The van der Waals surface area contributed by atoms with Crippen LogP contribution in [0.25, 0.3) is 0 Å². The molecule has 0 radical (unpaired) electrons. The molecular weight excluding hydrogens is 225 g/mol. The number of ether oxygens (including phenoxy) is 1. The van der Waals surface area contributed by atoms with Gasteiger partial charge in [-0.25, -0.2) is 4.39 Å². The number of primary amides is 1. The number of likely N-dealkylation sites (tertiary alicyclic amines) is 1. The molecule has 0 bridgehead atoms. The maximum absolute atomic E-state index is 13.6. The highest BCUT2D eigenvalue weighted by Gasteiger charge is 2.34. The van der Waals surface area contributed by atoms with Crippen molar-refractivity contribution in [1.82, 2.24) is 9.88 Å². The van der Waals surface area contributed by atoms with Gasteiger partial charge in [0.1, 0.15) is 11.9 Å². The summed E-state index contributed by atoms with van der Waals surface area (Å²) in [6, 6.07) is 3.34. The Labute approximate surface area is 98.4 Å². The zero-order valence-electron chi connectivity index (χ0n) is 9.25. The van der Waals surface area contributed by atoms with Crippen molar-refractivity contribution in [3.05, 3.63) is 24.5 Å². The molecule has 0 saturated carbocycles. The minimum Gasteiger partial charge on any atom is -0.486 e. The van der Waals surface area contributed by atoms with Crippen molar-refractivity contribution >= 4 is 5.91 Å². The lowest BCUT2D eigenvalue weighted by atomic mass is 10.3. The Hall–Kier alpha value is -1.69. The number of nitrogens with zero attached hydrogens (tertiary/aromatic N) is 2. The largest absolute Gasteiger partial charge is 0.486 e. The lowest BCUT2D eigenvalue weighted by Gasteiger charge is -2.15. The van der Waals surface area contributed by atoms with E-state index in [-0.39, 0.29) is 13.1 Å². The van der Waals surface area contributed by atoms with Crippen LogP contribution in [0.5, 0.6) is 5.75 Å². The average Bonchev–Trinajstić information content (AvgIpc) is 2.59. The summed E-state index contributed by atoms with van der Waals surface area (Å²) < 4.78 is 19.1. The number of alkyl halides is 1. The van der Waals surface area contributed by atoms with E-state index in [0.29, 0.717) is 12.3 Å². The van der Waals surface area contributed by atoms with E-state index >= 15 is 0 Å². The van der Waals surface area contributed by atoms with Crippen LogP contribution in [0, 0.1) is 0 Å². The van der Waals surface area contributed by atoms with Gasteiger partial charge in [-0.05, 0) is 12.1 Å². The second-order valence-corrected chi connectivity index (χ2v) is 4.02. The summed E-state index contributed by atoms with van der Waals surface area (Å²) in [6.07, 6.45) is 1.50. The summed E-state index contributed by atoms with van der Waals surface area (Å²) in [5.41, 5.74) is 5.06. The Morgan fingerprint density at radius 1 is 1.53 bits per heavy atom. The molecule has 17 heavy (non-hydrogen) atoms. The molecule has 2 N–H and O–H groups in total. The van der Waals surface area contributed by atoms with Crippen molar-refractivity contribution in [2.45, 2.75) is 12.3 Å². The molecule has 2 rings (SSSR count). The maximum Gasteiger partial charge on any atom is 0.231 e. The Balaban J connectivity index is 1.92. The molecule has 1 aromatic heterocycles. The van der Waals surface area contributed by atoms with E-state index in [2.05, 4.69) is 4.98 Å². The normalized spacial score (nSPS) is 24.8. The maximum atomic E-state index is 13.6. The van der Waals surface area contributed by atoms with Crippen LogP contribution in [0.3, 0.4) is 0 Å². The molecule has 6 heteroatoms. The van der Waals surface area contributed by atoms with Crippen LogP contribution in [0.2, 0.25) is 0 Å². The number of halogens is 1. The Morgan fingerprint density at radius 3 is 2.88 bits per heavy atom. The van der Waals surface area contributed by atoms with Crippen molar-refractivity contribution in [3.8, 4) is 5.75 Å². The van der Waals surface area contributed by atoms with E-state index in [0.717, 1.165) is 0 Å². The number of carbonyl (C=O) groups is 1. The minimum atomic E-state index is -1.11. The lowest BCUT2D eigenvalue weighted by molar-refractivity contribution is -0.118. The van der Waals surface area contributed by atoms with Crippen LogP contribution in [0.1, 0.15) is 0 Å². The van der Waals surface area contributed by atoms with Gasteiger partial charge in [0.15, 0.2) is 6.17 Å². The number of hydrogen-bond acceptors (Lipinski definition) is 4. The molecule has 2 heterocycles. The van der Waals surface area contributed by atoms with Gasteiger partial charge in [0, 0.05) is 25.5 Å². The molecule has 1 aromatic rings. The third kappa shape index (κ3) is 3.13. The zero-order valence-corrected chi connectivity index (χ0v) is 9.25. The molecular formula is C11H14FN3O2. The first kappa shape index (κ1) is 11.8. The topological polar surface area (TPSA) is 68.5 Å². The molecule has 2 atom stereocenters. The van der Waals surface area contributed by atoms with Crippen LogP contribution in [-0.4, -0.2) is 47.7 Å². The first-order valence-electron chi connectivity index (χ1n) is 5.36. The van der Waals surface area contributed by atoms with Crippen molar-refractivity contribution in [2.24, 2.45) is 5.73 Å². The fraction of sp³-hybridized carbons (Fsp3) is 0.455. The molecule has 1 aliphatic rings. The van der Waals surface area contributed by atoms with E-state index in [4.69, 9.17) is 10.5 Å².